The number of hydrogen-bond acceptors (Lipinski definition) is 8. The van der Waals surface area contributed by atoms with E-state index in [1.54, 1.807) is 12.0 Å². The van der Waals surface area contributed by atoms with Gasteiger partial charge in [-0.25, -0.2) is 14.8 Å². The molecule has 1 aliphatic rings. The third-order valence-corrected chi connectivity index (χ3v) is 5.51. The zero-order valence-corrected chi connectivity index (χ0v) is 19.8. The summed E-state index contributed by atoms with van der Waals surface area (Å²) in [6.07, 6.45) is 4.18. The summed E-state index contributed by atoms with van der Waals surface area (Å²) in [6, 6.07) is 5.89. The van der Waals surface area contributed by atoms with Gasteiger partial charge >= 0.3 is 6.09 Å². The van der Waals surface area contributed by atoms with Gasteiger partial charge in [0, 0.05) is 37.9 Å². The van der Waals surface area contributed by atoms with Crippen molar-refractivity contribution in [3.8, 4) is 5.75 Å². The number of anilines is 2. The highest BCUT2D eigenvalue weighted by Gasteiger charge is 2.33. The van der Waals surface area contributed by atoms with Crippen molar-refractivity contribution in [2.45, 2.75) is 50.5 Å². The molecule has 2 aromatic rings. The Kier molecular flexibility index (Phi) is 7.27. The summed E-state index contributed by atoms with van der Waals surface area (Å²) in [4.78, 5) is 23.5. The quantitative estimate of drug-likeness (QED) is 0.505. The molecule has 1 unspecified atom stereocenters. The highest BCUT2D eigenvalue weighted by Crippen LogP contribution is 2.41. The number of rotatable bonds is 6. The van der Waals surface area contributed by atoms with Crippen LogP contribution in [0.5, 0.6) is 5.75 Å². The third kappa shape index (κ3) is 5.40. The van der Waals surface area contributed by atoms with Crippen LogP contribution in [0, 0.1) is 0 Å². The Morgan fingerprint density at radius 1 is 1.35 bits per heavy atom. The van der Waals surface area contributed by atoms with Crippen LogP contribution < -0.4 is 20.3 Å². The summed E-state index contributed by atoms with van der Waals surface area (Å²) in [6.45, 7) is 6.73. The van der Waals surface area contributed by atoms with Crippen LogP contribution in [0.15, 0.2) is 29.6 Å². The smallest absolute Gasteiger partial charge is 0.414 e. The molecule has 31 heavy (non-hydrogen) atoms. The maximum absolute atomic E-state index is 12.9. The zero-order valence-electron chi connectivity index (χ0n) is 19.0. The number of aromatic nitrogens is 2. The van der Waals surface area contributed by atoms with Crippen molar-refractivity contribution >= 4 is 29.4 Å². The fourth-order valence-corrected chi connectivity index (χ4v) is 3.92. The molecule has 3 rings (SSSR count). The number of carbonyl (C=O) groups is 1. The summed E-state index contributed by atoms with van der Waals surface area (Å²) >= 11 is 1.51. The van der Waals surface area contributed by atoms with Crippen molar-refractivity contribution < 1.29 is 14.3 Å². The Balaban J connectivity index is 1.85. The Morgan fingerprint density at radius 2 is 2.13 bits per heavy atom. The average molecular weight is 446 g/mol. The van der Waals surface area contributed by atoms with Crippen LogP contribution in [0.3, 0.4) is 0 Å². The molecule has 8 nitrogen and oxygen atoms in total. The maximum Gasteiger partial charge on any atom is 0.414 e. The number of amides is 1. The van der Waals surface area contributed by atoms with Gasteiger partial charge in [-0.1, -0.05) is 23.9 Å². The first-order valence-corrected chi connectivity index (χ1v) is 11.5. The monoisotopic (exact) mass is 445 g/mol. The number of hydrogen-bond donors (Lipinski definition) is 2. The van der Waals surface area contributed by atoms with Crippen molar-refractivity contribution in [2.75, 3.05) is 37.2 Å². The van der Waals surface area contributed by atoms with Gasteiger partial charge in [0.25, 0.3) is 0 Å². The van der Waals surface area contributed by atoms with Crippen molar-refractivity contribution in [3.63, 3.8) is 0 Å². The van der Waals surface area contributed by atoms with Gasteiger partial charge in [-0.15, -0.1) is 0 Å². The topological polar surface area (TPSA) is 88.6 Å². The van der Waals surface area contributed by atoms with Gasteiger partial charge in [0.1, 0.15) is 17.2 Å². The molecule has 0 bridgehead atoms. The number of para-hydroxylation sites is 1. The van der Waals surface area contributed by atoms with Crippen LogP contribution in [0.4, 0.5) is 16.3 Å². The van der Waals surface area contributed by atoms with E-state index in [4.69, 9.17) is 9.47 Å². The SMILES string of the molecule is CNc1nc(SC)ncc1CNC1CCN(C(=O)OC(C)(C)C)c2c(OC)cccc21. The van der Waals surface area contributed by atoms with Gasteiger partial charge in [0.2, 0.25) is 0 Å². The minimum atomic E-state index is -0.569. The van der Waals surface area contributed by atoms with Gasteiger partial charge in [-0.3, -0.25) is 4.90 Å². The molecule has 1 aliphatic heterocycles. The first-order chi connectivity index (χ1) is 14.8. The number of fused-ring (bicyclic) bond motifs is 1. The molecule has 0 fully saturated rings. The fraction of sp³-hybridized carbons (Fsp3) is 0.500. The number of nitrogens with one attached hydrogen (secondary N) is 2. The standard InChI is InChI=1S/C22H31N5O3S/c1-22(2,3)30-21(28)27-11-10-16(15-8-7-9-17(29-5)18(15)27)24-12-14-13-25-20(31-6)26-19(14)23-4/h7-9,13,16,24H,10-12H2,1-6H3,(H,23,25,26). The van der Waals surface area contributed by atoms with E-state index in [0.717, 1.165) is 34.2 Å². The Bertz CT molecular complexity index is 932. The summed E-state index contributed by atoms with van der Waals surface area (Å²) in [5.41, 5.74) is 2.18. The van der Waals surface area contributed by atoms with E-state index in [1.807, 2.05) is 58.5 Å². The van der Waals surface area contributed by atoms with E-state index in [2.05, 4.69) is 20.6 Å². The third-order valence-electron chi connectivity index (χ3n) is 4.95. The molecule has 2 heterocycles. The fourth-order valence-electron chi connectivity index (χ4n) is 3.58. The number of carbonyl (C=O) groups excluding carboxylic acids is 1. The number of thioether (sulfide) groups is 1. The predicted molar refractivity (Wildman–Crippen MR) is 124 cm³/mol. The van der Waals surface area contributed by atoms with Gasteiger partial charge < -0.3 is 20.1 Å². The number of methoxy groups -OCH3 is 1. The molecule has 0 saturated heterocycles. The Labute approximate surface area is 188 Å². The second-order valence-corrected chi connectivity index (χ2v) is 9.01. The van der Waals surface area contributed by atoms with Crippen molar-refractivity contribution in [2.24, 2.45) is 0 Å². The number of nitrogens with zero attached hydrogens (tertiary/aromatic N) is 3. The molecule has 168 valence electrons. The number of ether oxygens (including phenoxy) is 2. The highest BCUT2D eigenvalue weighted by atomic mass is 32.2. The van der Waals surface area contributed by atoms with Crippen molar-refractivity contribution in [3.05, 3.63) is 35.5 Å². The van der Waals surface area contributed by atoms with Gasteiger partial charge in [0.15, 0.2) is 5.16 Å². The Hall–Kier alpha value is -2.52. The zero-order chi connectivity index (χ0) is 22.6. The lowest BCUT2D eigenvalue weighted by Crippen LogP contribution is -2.42. The van der Waals surface area contributed by atoms with E-state index in [9.17, 15) is 4.79 Å². The van der Waals surface area contributed by atoms with Gasteiger partial charge in [-0.05, 0) is 45.1 Å². The first kappa shape index (κ1) is 23.1. The Morgan fingerprint density at radius 3 is 2.77 bits per heavy atom. The highest BCUT2D eigenvalue weighted by molar-refractivity contribution is 7.98. The first-order valence-electron chi connectivity index (χ1n) is 10.3. The average Bonchev–Trinajstić information content (AvgIpc) is 2.75. The van der Waals surface area contributed by atoms with Gasteiger partial charge in [0.05, 0.1) is 12.8 Å². The van der Waals surface area contributed by atoms with E-state index in [0.29, 0.717) is 18.8 Å². The minimum Gasteiger partial charge on any atom is -0.495 e. The van der Waals surface area contributed by atoms with E-state index in [1.165, 1.54) is 11.8 Å². The predicted octanol–water partition coefficient (Wildman–Crippen LogP) is 4.22. The summed E-state index contributed by atoms with van der Waals surface area (Å²) in [5.74, 6) is 1.46. The van der Waals surface area contributed by atoms with Crippen LogP contribution in [0.25, 0.3) is 0 Å². The molecular weight excluding hydrogens is 414 g/mol. The molecule has 1 aromatic heterocycles. The largest absolute Gasteiger partial charge is 0.495 e. The molecule has 1 amide bonds. The summed E-state index contributed by atoms with van der Waals surface area (Å²) in [5, 5.41) is 7.48. The van der Waals surface area contributed by atoms with Crippen molar-refractivity contribution in [1.29, 1.82) is 0 Å². The molecule has 0 saturated carbocycles. The second-order valence-electron chi connectivity index (χ2n) is 8.23. The normalized spacial score (nSPS) is 15.9. The molecule has 2 N–H and O–H groups in total. The molecule has 0 radical (unpaired) electrons. The van der Waals surface area contributed by atoms with E-state index in [-0.39, 0.29) is 12.1 Å². The molecule has 9 heteroatoms. The molecular formula is C22H31N5O3S. The van der Waals surface area contributed by atoms with Gasteiger partial charge in [-0.2, -0.15) is 0 Å². The molecule has 1 atom stereocenters. The molecule has 1 aromatic carbocycles. The van der Waals surface area contributed by atoms with Crippen LogP contribution in [-0.2, 0) is 11.3 Å². The van der Waals surface area contributed by atoms with Crippen LogP contribution in [0.1, 0.15) is 44.4 Å². The second kappa shape index (κ2) is 9.74. The minimum absolute atomic E-state index is 0.0497. The lowest BCUT2D eigenvalue weighted by atomic mass is 9.95. The maximum atomic E-state index is 12.9. The summed E-state index contributed by atoms with van der Waals surface area (Å²) < 4.78 is 11.2. The van der Waals surface area contributed by atoms with Crippen LogP contribution >= 0.6 is 11.8 Å². The lowest BCUT2D eigenvalue weighted by Gasteiger charge is -2.36. The van der Waals surface area contributed by atoms with Crippen LogP contribution in [0.2, 0.25) is 0 Å². The number of benzene rings is 1. The lowest BCUT2D eigenvalue weighted by molar-refractivity contribution is 0.0575. The molecule has 0 aliphatic carbocycles. The summed E-state index contributed by atoms with van der Waals surface area (Å²) in [7, 11) is 3.47. The van der Waals surface area contributed by atoms with Crippen molar-refractivity contribution in [1.82, 2.24) is 15.3 Å². The van der Waals surface area contributed by atoms with E-state index < -0.39 is 5.60 Å². The molecule has 0 spiro atoms. The van der Waals surface area contributed by atoms with E-state index >= 15 is 0 Å². The van der Waals surface area contributed by atoms with Crippen LogP contribution in [-0.4, -0.2) is 48.6 Å².